The van der Waals surface area contributed by atoms with E-state index in [1.165, 1.54) is 0 Å². The highest BCUT2D eigenvalue weighted by Gasteiger charge is 2.15. The molecule has 0 aliphatic heterocycles. The van der Waals surface area contributed by atoms with Gasteiger partial charge in [0.2, 0.25) is 5.91 Å². The molecule has 1 heterocycles. The van der Waals surface area contributed by atoms with Crippen LogP contribution in [-0.2, 0) is 4.79 Å². The van der Waals surface area contributed by atoms with Crippen molar-refractivity contribution in [2.75, 3.05) is 6.54 Å². The van der Waals surface area contributed by atoms with E-state index in [1.807, 2.05) is 30.3 Å². The highest BCUT2D eigenvalue weighted by atomic mass is 19.1. The number of hydrogen-bond donors (Lipinski definition) is 2. The smallest absolute Gasteiger partial charge is 0.254 e. The van der Waals surface area contributed by atoms with Gasteiger partial charge >= 0.3 is 0 Å². The van der Waals surface area contributed by atoms with Crippen molar-refractivity contribution in [2.45, 2.75) is 19.4 Å². The summed E-state index contributed by atoms with van der Waals surface area (Å²) in [6, 6.07) is 11.7. The molecule has 2 aromatic carbocycles. The zero-order valence-corrected chi connectivity index (χ0v) is 14.6. The van der Waals surface area contributed by atoms with Crippen LogP contribution in [0.15, 0.2) is 52.9 Å². The van der Waals surface area contributed by atoms with E-state index in [2.05, 4.69) is 10.6 Å². The van der Waals surface area contributed by atoms with Crippen molar-refractivity contribution in [1.82, 2.24) is 10.6 Å². The number of amides is 2. The molecule has 2 amide bonds. The summed E-state index contributed by atoms with van der Waals surface area (Å²) >= 11 is 0. The minimum absolute atomic E-state index is 0.0130. The zero-order chi connectivity index (χ0) is 19.4. The van der Waals surface area contributed by atoms with E-state index in [0.717, 1.165) is 23.1 Å². The molecular weight excluding hydrogens is 354 g/mol. The third-order valence-corrected chi connectivity index (χ3v) is 4.06. The lowest BCUT2D eigenvalue weighted by atomic mass is 10.2. The number of halogens is 2. The zero-order valence-electron chi connectivity index (χ0n) is 14.6. The molecule has 0 aliphatic rings. The van der Waals surface area contributed by atoms with E-state index in [1.54, 1.807) is 6.92 Å². The van der Waals surface area contributed by atoms with Gasteiger partial charge in [0.25, 0.3) is 5.91 Å². The van der Waals surface area contributed by atoms with Crippen LogP contribution in [0, 0.1) is 11.6 Å². The molecule has 0 aliphatic carbocycles. The van der Waals surface area contributed by atoms with E-state index in [4.69, 9.17) is 4.42 Å². The first-order valence-corrected chi connectivity index (χ1v) is 8.45. The Labute approximate surface area is 154 Å². The fraction of sp³-hybridized carbons (Fsp3) is 0.200. The second kappa shape index (κ2) is 7.99. The molecule has 27 heavy (non-hydrogen) atoms. The molecule has 0 saturated heterocycles. The molecule has 3 rings (SSSR count). The number of para-hydroxylation sites is 1. The summed E-state index contributed by atoms with van der Waals surface area (Å²) in [5.74, 6) is -2.08. The molecule has 0 saturated carbocycles. The molecule has 2 N–H and O–H groups in total. The second-order valence-corrected chi connectivity index (χ2v) is 6.11. The Balaban J connectivity index is 1.49. The van der Waals surface area contributed by atoms with E-state index in [9.17, 15) is 18.4 Å². The van der Waals surface area contributed by atoms with Crippen molar-refractivity contribution in [3.8, 4) is 0 Å². The monoisotopic (exact) mass is 372 g/mol. The molecule has 0 spiro atoms. The van der Waals surface area contributed by atoms with Crippen molar-refractivity contribution in [2.24, 2.45) is 0 Å². The van der Waals surface area contributed by atoms with Crippen LogP contribution in [0.2, 0.25) is 0 Å². The molecule has 1 atom stereocenters. The van der Waals surface area contributed by atoms with Crippen LogP contribution in [0.25, 0.3) is 11.0 Å². The average molecular weight is 372 g/mol. The van der Waals surface area contributed by atoms with Gasteiger partial charge in [-0.2, -0.15) is 0 Å². The number of rotatable bonds is 6. The fourth-order valence-corrected chi connectivity index (χ4v) is 2.66. The van der Waals surface area contributed by atoms with Gasteiger partial charge in [-0.05, 0) is 31.2 Å². The predicted molar refractivity (Wildman–Crippen MR) is 96.1 cm³/mol. The normalized spacial score (nSPS) is 12.0. The molecule has 3 aromatic rings. The lowest BCUT2D eigenvalue weighted by Crippen LogP contribution is -2.32. The van der Waals surface area contributed by atoms with Crippen molar-refractivity contribution in [1.29, 1.82) is 0 Å². The Morgan fingerprint density at radius 2 is 1.89 bits per heavy atom. The molecule has 0 fully saturated rings. The van der Waals surface area contributed by atoms with Gasteiger partial charge in [-0.15, -0.1) is 0 Å². The summed E-state index contributed by atoms with van der Waals surface area (Å²) in [5.41, 5.74) is 0.467. The second-order valence-electron chi connectivity index (χ2n) is 6.11. The molecule has 1 unspecified atom stereocenters. The molecule has 140 valence electrons. The highest BCUT2D eigenvalue weighted by molar-refractivity contribution is 5.94. The number of fused-ring (bicyclic) bond motifs is 1. The van der Waals surface area contributed by atoms with Crippen LogP contribution in [0.5, 0.6) is 0 Å². The molecule has 0 radical (unpaired) electrons. The van der Waals surface area contributed by atoms with Crippen LogP contribution in [0.4, 0.5) is 8.78 Å². The number of carbonyl (C=O) groups excluding carboxylic acids is 2. The highest BCUT2D eigenvalue weighted by Crippen LogP contribution is 2.23. The van der Waals surface area contributed by atoms with Crippen molar-refractivity contribution < 1.29 is 22.8 Å². The summed E-state index contributed by atoms with van der Waals surface area (Å²) in [7, 11) is 0. The summed E-state index contributed by atoms with van der Waals surface area (Å²) < 4.78 is 32.1. The van der Waals surface area contributed by atoms with Gasteiger partial charge in [-0.3, -0.25) is 9.59 Å². The minimum Gasteiger partial charge on any atom is -0.459 e. The number of nitrogens with one attached hydrogen (secondary N) is 2. The first-order valence-electron chi connectivity index (χ1n) is 8.45. The lowest BCUT2D eigenvalue weighted by molar-refractivity contribution is -0.121. The Morgan fingerprint density at radius 1 is 1.11 bits per heavy atom. The van der Waals surface area contributed by atoms with E-state index < -0.39 is 17.5 Å². The summed E-state index contributed by atoms with van der Waals surface area (Å²) in [5, 5.41) is 6.17. The van der Waals surface area contributed by atoms with Crippen molar-refractivity contribution >= 4 is 22.8 Å². The molecule has 0 bridgehead atoms. The van der Waals surface area contributed by atoms with Crippen LogP contribution >= 0.6 is 0 Å². The maximum absolute atomic E-state index is 13.5. The van der Waals surface area contributed by atoms with Gasteiger partial charge in [0.1, 0.15) is 23.0 Å². The number of carbonyl (C=O) groups is 2. The first-order chi connectivity index (χ1) is 12.9. The Hall–Kier alpha value is -3.22. The third kappa shape index (κ3) is 4.49. The number of benzene rings is 2. The lowest BCUT2D eigenvalue weighted by Gasteiger charge is -2.12. The standard InChI is InChI=1S/C20H18F2N2O3/c1-12(18-10-13-4-2-3-5-17(13)27-18)24-19(25)8-9-23-20(26)15-7-6-14(21)11-16(15)22/h2-7,10-12H,8-9H2,1H3,(H,23,26)(H,24,25). The SMILES string of the molecule is CC(NC(=O)CCNC(=O)c1ccc(F)cc1F)c1cc2ccccc2o1. The van der Waals surface area contributed by atoms with Crippen LogP contribution < -0.4 is 10.6 Å². The van der Waals surface area contributed by atoms with Crippen molar-refractivity contribution in [3.63, 3.8) is 0 Å². The molecule has 7 heteroatoms. The van der Waals surface area contributed by atoms with Gasteiger partial charge in [0.05, 0.1) is 11.6 Å². The largest absolute Gasteiger partial charge is 0.459 e. The van der Waals surface area contributed by atoms with Gasteiger partial charge < -0.3 is 15.1 Å². The Kier molecular flexibility index (Phi) is 5.49. The number of hydrogen-bond acceptors (Lipinski definition) is 3. The molecular formula is C20H18F2N2O3. The van der Waals surface area contributed by atoms with Crippen LogP contribution in [-0.4, -0.2) is 18.4 Å². The number of furan rings is 1. The Bertz CT molecular complexity index is 951. The first kappa shape index (κ1) is 18.6. The summed E-state index contributed by atoms with van der Waals surface area (Å²) in [6.45, 7) is 1.82. The quantitative estimate of drug-likeness (QED) is 0.693. The van der Waals surface area contributed by atoms with Gasteiger partial charge in [0.15, 0.2) is 0 Å². The fourth-order valence-electron chi connectivity index (χ4n) is 2.66. The summed E-state index contributed by atoms with van der Waals surface area (Å²) in [4.78, 5) is 23.9. The van der Waals surface area contributed by atoms with Crippen molar-refractivity contribution in [3.05, 3.63) is 71.5 Å². The van der Waals surface area contributed by atoms with Gasteiger partial charge in [0, 0.05) is 24.4 Å². The third-order valence-electron chi connectivity index (χ3n) is 4.06. The maximum atomic E-state index is 13.5. The van der Waals surface area contributed by atoms with Crippen LogP contribution in [0.3, 0.4) is 0 Å². The topological polar surface area (TPSA) is 71.3 Å². The van der Waals surface area contributed by atoms with E-state index in [0.29, 0.717) is 11.8 Å². The van der Waals surface area contributed by atoms with Gasteiger partial charge in [-0.1, -0.05) is 18.2 Å². The molecule has 1 aromatic heterocycles. The van der Waals surface area contributed by atoms with Crippen LogP contribution in [0.1, 0.15) is 35.5 Å². The van der Waals surface area contributed by atoms with E-state index in [-0.39, 0.29) is 30.5 Å². The maximum Gasteiger partial charge on any atom is 0.254 e. The predicted octanol–water partition coefficient (Wildman–Crippen LogP) is 3.71. The molecule has 5 nitrogen and oxygen atoms in total. The van der Waals surface area contributed by atoms with E-state index >= 15 is 0 Å². The van der Waals surface area contributed by atoms with Gasteiger partial charge in [-0.25, -0.2) is 8.78 Å². The minimum atomic E-state index is -0.949. The Morgan fingerprint density at radius 3 is 2.63 bits per heavy atom. The average Bonchev–Trinajstić information content (AvgIpc) is 3.06. The summed E-state index contributed by atoms with van der Waals surface area (Å²) in [6.07, 6.45) is 0.0130.